The highest BCUT2D eigenvalue weighted by molar-refractivity contribution is 5.23. The molecule has 1 unspecified atom stereocenters. The zero-order valence-corrected chi connectivity index (χ0v) is 9.29. The minimum atomic E-state index is -0.399. The molecule has 0 saturated carbocycles. The van der Waals surface area contributed by atoms with Crippen LogP contribution in [0.15, 0.2) is 36.9 Å². The van der Waals surface area contributed by atoms with Crippen LogP contribution in [0.5, 0.6) is 0 Å². The summed E-state index contributed by atoms with van der Waals surface area (Å²) >= 11 is 0. The Hall–Kier alpha value is -1.15. The Morgan fingerprint density at radius 3 is 2.47 bits per heavy atom. The lowest BCUT2D eigenvalue weighted by Gasteiger charge is -2.29. The second kappa shape index (κ2) is 5.08. The second-order valence-corrected chi connectivity index (χ2v) is 3.66. The van der Waals surface area contributed by atoms with E-state index in [4.69, 9.17) is 4.74 Å². The van der Waals surface area contributed by atoms with Crippen LogP contribution >= 0.6 is 0 Å². The molecule has 0 N–H and O–H groups in total. The average molecular weight is 208 g/mol. The van der Waals surface area contributed by atoms with E-state index in [0.29, 0.717) is 13.0 Å². The topological polar surface area (TPSA) is 9.23 Å². The van der Waals surface area contributed by atoms with Gasteiger partial charge >= 0.3 is 0 Å². The number of halogens is 1. The van der Waals surface area contributed by atoms with E-state index in [-0.39, 0.29) is 5.82 Å². The molecular weight excluding hydrogens is 191 g/mol. The van der Waals surface area contributed by atoms with Crippen LogP contribution in [-0.2, 0) is 10.3 Å². The Labute approximate surface area is 90.6 Å². The van der Waals surface area contributed by atoms with Crippen molar-refractivity contribution in [3.8, 4) is 0 Å². The molecule has 0 amide bonds. The molecule has 0 aromatic heterocycles. The predicted octanol–water partition coefficient (Wildman–Crippen LogP) is 3.65. The molecule has 1 atom stereocenters. The number of hydrogen-bond acceptors (Lipinski definition) is 1. The van der Waals surface area contributed by atoms with Crippen molar-refractivity contribution < 1.29 is 9.13 Å². The molecule has 1 aromatic rings. The Bertz CT molecular complexity index is 318. The zero-order chi connectivity index (χ0) is 11.3. The van der Waals surface area contributed by atoms with Gasteiger partial charge in [0.15, 0.2) is 0 Å². The maximum atomic E-state index is 12.8. The molecule has 1 nitrogen and oxygen atoms in total. The Kier molecular flexibility index (Phi) is 4.04. The monoisotopic (exact) mass is 208 g/mol. The summed E-state index contributed by atoms with van der Waals surface area (Å²) in [4.78, 5) is 0. The fraction of sp³-hybridized carbons (Fsp3) is 0.385. The summed E-state index contributed by atoms with van der Waals surface area (Å²) in [6, 6.07) is 6.42. The minimum Gasteiger partial charge on any atom is -0.371 e. The quantitative estimate of drug-likeness (QED) is 0.671. The molecule has 0 aliphatic heterocycles. The van der Waals surface area contributed by atoms with Gasteiger partial charge in [-0.05, 0) is 38.0 Å². The highest BCUT2D eigenvalue weighted by atomic mass is 19.1. The van der Waals surface area contributed by atoms with Crippen LogP contribution in [-0.4, -0.2) is 6.61 Å². The minimum absolute atomic E-state index is 0.226. The third-order valence-corrected chi connectivity index (χ3v) is 2.45. The van der Waals surface area contributed by atoms with E-state index in [2.05, 4.69) is 6.58 Å². The second-order valence-electron chi connectivity index (χ2n) is 3.66. The van der Waals surface area contributed by atoms with E-state index in [0.717, 1.165) is 5.56 Å². The smallest absolute Gasteiger partial charge is 0.123 e. The maximum absolute atomic E-state index is 12.8. The van der Waals surface area contributed by atoms with Crippen LogP contribution in [0, 0.1) is 5.82 Å². The summed E-state index contributed by atoms with van der Waals surface area (Å²) in [6.07, 6.45) is 2.53. The molecule has 1 rings (SSSR count). The Morgan fingerprint density at radius 2 is 2.00 bits per heavy atom. The van der Waals surface area contributed by atoms with Gasteiger partial charge in [0.25, 0.3) is 0 Å². The van der Waals surface area contributed by atoms with Gasteiger partial charge in [-0.2, -0.15) is 0 Å². The maximum Gasteiger partial charge on any atom is 0.123 e. The first-order chi connectivity index (χ1) is 7.12. The highest BCUT2D eigenvalue weighted by Gasteiger charge is 2.25. The molecule has 0 fully saturated rings. The number of ether oxygens (including phenoxy) is 1. The lowest BCUT2D eigenvalue weighted by atomic mass is 9.92. The van der Waals surface area contributed by atoms with Crippen LogP contribution < -0.4 is 0 Å². The molecule has 0 radical (unpaired) electrons. The summed E-state index contributed by atoms with van der Waals surface area (Å²) in [6.45, 7) is 8.28. The van der Waals surface area contributed by atoms with Crippen molar-refractivity contribution in [1.29, 1.82) is 0 Å². The SMILES string of the molecule is C=CCC(C)(OCC)c1ccc(F)cc1. The summed E-state index contributed by atoms with van der Waals surface area (Å²) in [5, 5.41) is 0. The van der Waals surface area contributed by atoms with Gasteiger partial charge in [0.1, 0.15) is 5.82 Å². The van der Waals surface area contributed by atoms with Crippen molar-refractivity contribution in [1.82, 2.24) is 0 Å². The molecular formula is C13H17FO. The number of benzene rings is 1. The van der Waals surface area contributed by atoms with Crippen molar-refractivity contribution >= 4 is 0 Å². The van der Waals surface area contributed by atoms with Crippen LogP contribution in [0.2, 0.25) is 0 Å². The first kappa shape index (κ1) is 11.9. The van der Waals surface area contributed by atoms with Gasteiger partial charge in [-0.1, -0.05) is 18.2 Å². The summed E-state index contributed by atoms with van der Waals surface area (Å²) in [5.41, 5.74) is 0.579. The molecule has 0 spiro atoms. The molecule has 0 heterocycles. The highest BCUT2D eigenvalue weighted by Crippen LogP contribution is 2.29. The van der Waals surface area contributed by atoms with E-state index in [1.54, 1.807) is 12.1 Å². The van der Waals surface area contributed by atoms with Crippen LogP contribution in [0.25, 0.3) is 0 Å². The van der Waals surface area contributed by atoms with Crippen LogP contribution in [0.4, 0.5) is 4.39 Å². The fourth-order valence-electron chi connectivity index (χ4n) is 1.66. The van der Waals surface area contributed by atoms with Gasteiger partial charge in [0.05, 0.1) is 5.60 Å². The number of hydrogen-bond donors (Lipinski definition) is 0. The molecule has 0 aliphatic carbocycles. The van der Waals surface area contributed by atoms with Crippen molar-refractivity contribution in [3.05, 3.63) is 48.3 Å². The lowest BCUT2D eigenvalue weighted by molar-refractivity contribution is -0.0270. The van der Waals surface area contributed by atoms with Gasteiger partial charge in [-0.25, -0.2) is 4.39 Å². The summed E-state index contributed by atoms with van der Waals surface area (Å²) in [5.74, 6) is -0.226. The fourth-order valence-corrected chi connectivity index (χ4v) is 1.66. The standard InChI is InChI=1S/C13H17FO/c1-4-10-13(3,15-5-2)11-6-8-12(14)9-7-11/h4,6-9H,1,5,10H2,2-3H3. The largest absolute Gasteiger partial charge is 0.371 e. The van der Waals surface area contributed by atoms with Gasteiger partial charge in [0, 0.05) is 6.61 Å². The van der Waals surface area contributed by atoms with Gasteiger partial charge in [-0.15, -0.1) is 6.58 Å². The van der Waals surface area contributed by atoms with E-state index in [9.17, 15) is 4.39 Å². The van der Waals surface area contributed by atoms with Gasteiger partial charge < -0.3 is 4.74 Å². The first-order valence-corrected chi connectivity index (χ1v) is 5.13. The normalized spacial score (nSPS) is 14.6. The Balaban J connectivity index is 2.97. The summed E-state index contributed by atoms with van der Waals surface area (Å²) < 4.78 is 18.5. The van der Waals surface area contributed by atoms with Crippen molar-refractivity contribution in [2.24, 2.45) is 0 Å². The zero-order valence-electron chi connectivity index (χ0n) is 9.29. The average Bonchev–Trinajstić information content (AvgIpc) is 2.19. The van der Waals surface area contributed by atoms with Gasteiger partial charge in [0.2, 0.25) is 0 Å². The molecule has 2 heteroatoms. The predicted molar refractivity (Wildman–Crippen MR) is 60.2 cm³/mol. The van der Waals surface area contributed by atoms with E-state index >= 15 is 0 Å². The molecule has 0 saturated heterocycles. The van der Waals surface area contributed by atoms with Crippen molar-refractivity contribution in [3.63, 3.8) is 0 Å². The van der Waals surface area contributed by atoms with Crippen LogP contribution in [0.3, 0.4) is 0 Å². The molecule has 1 aromatic carbocycles. The van der Waals surface area contributed by atoms with Crippen molar-refractivity contribution in [2.45, 2.75) is 25.9 Å². The molecule has 82 valence electrons. The van der Waals surface area contributed by atoms with Gasteiger partial charge in [-0.3, -0.25) is 0 Å². The Morgan fingerprint density at radius 1 is 1.40 bits per heavy atom. The third-order valence-electron chi connectivity index (χ3n) is 2.45. The van der Waals surface area contributed by atoms with E-state index in [1.165, 1.54) is 12.1 Å². The first-order valence-electron chi connectivity index (χ1n) is 5.13. The summed E-state index contributed by atoms with van der Waals surface area (Å²) in [7, 11) is 0. The van der Waals surface area contributed by atoms with E-state index < -0.39 is 5.60 Å². The number of rotatable bonds is 5. The lowest BCUT2D eigenvalue weighted by Crippen LogP contribution is -2.25. The van der Waals surface area contributed by atoms with E-state index in [1.807, 2.05) is 19.9 Å². The van der Waals surface area contributed by atoms with Crippen molar-refractivity contribution in [2.75, 3.05) is 6.61 Å². The third kappa shape index (κ3) is 2.90. The molecule has 15 heavy (non-hydrogen) atoms. The molecule has 0 bridgehead atoms. The van der Waals surface area contributed by atoms with Crippen LogP contribution in [0.1, 0.15) is 25.8 Å². The molecule has 0 aliphatic rings.